The van der Waals surface area contributed by atoms with Crippen LogP contribution in [0.5, 0.6) is 5.75 Å². The van der Waals surface area contributed by atoms with Crippen molar-refractivity contribution in [3.63, 3.8) is 0 Å². The van der Waals surface area contributed by atoms with Gasteiger partial charge >= 0.3 is 0 Å². The van der Waals surface area contributed by atoms with Crippen molar-refractivity contribution < 1.29 is 9.53 Å². The Kier molecular flexibility index (Phi) is 5.24. The number of pyridine rings is 1. The minimum atomic E-state index is -0.313. The standard InChI is InChI=1S/C14H12BrN3O2S/c1-20-11-6-5-9(8-10(11)15)13(19)18-14(21)17-12-4-2-3-7-16-12/h2-8H,1H3,(H2,16,17,18,19,21). The highest BCUT2D eigenvalue weighted by atomic mass is 79.9. The van der Waals surface area contributed by atoms with Gasteiger partial charge in [0.05, 0.1) is 11.6 Å². The number of methoxy groups -OCH3 is 1. The predicted octanol–water partition coefficient (Wildman–Crippen LogP) is 2.98. The van der Waals surface area contributed by atoms with Crippen molar-refractivity contribution in [2.75, 3.05) is 12.4 Å². The van der Waals surface area contributed by atoms with E-state index in [0.717, 1.165) is 0 Å². The summed E-state index contributed by atoms with van der Waals surface area (Å²) in [6.07, 6.45) is 1.63. The maximum absolute atomic E-state index is 12.1. The van der Waals surface area contributed by atoms with Crippen molar-refractivity contribution >= 4 is 45.0 Å². The fraction of sp³-hybridized carbons (Fsp3) is 0.0714. The summed E-state index contributed by atoms with van der Waals surface area (Å²) in [6.45, 7) is 0. The van der Waals surface area contributed by atoms with Crippen molar-refractivity contribution in [2.24, 2.45) is 0 Å². The Morgan fingerprint density at radius 1 is 1.33 bits per heavy atom. The van der Waals surface area contributed by atoms with Crippen molar-refractivity contribution in [2.45, 2.75) is 0 Å². The minimum Gasteiger partial charge on any atom is -0.496 e. The van der Waals surface area contributed by atoms with Crippen LogP contribution in [0, 0.1) is 0 Å². The van der Waals surface area contributed by atoms with E-state index >= 15 is 0 Å². The van der Waals surface area contributed by atoms with Crippen molar-refractivity contribution in [1.29, 1.82) is 0 Å². The Morgan fingerprint density at radius 2 is 2.14 bits per heavy atom. The van der Waals surface area contributed by atoms with Gasteiger partial charge in [0.1, 0.15) is 11.6 Å². The number of ether oxygens (including phenoxy) is 1. The Bertz CT molecular complexity index is 665. The summed E-state index contributed by atoms with van der Waals surface area (Å²) in [5, 5.41) is 5.61. The van der Waals surface area contributed by atoms with Gasteiger partial charge in [0.25, 0.3) is 5.91 Å². The van der Waals surface area contributed by atoms with Crippen molar-refractivity contribution in [1.82, 2.24) is 10.3 Å². The van der Waals surface area contributed by atoms with Crippen LogP contribution in [-0.4, -0.2) is 23.1 Å². The highest BCUT2D eigenvalue weighted by molar-refractivity contribution is 9.10. The van der Waals surface area contributed by atoms with E-state index in [2.05, 4.69) is 31.5 Å². The molecule has 0 spiro atoms. The first-order chi connectivity index (χ1) is 10.1. The van der Waals surface area contributed by atoms with E-state index in [4.69, 9.17) is 17.0 Å². The summed E-state index contributed by atoms with van der Waals surface area (Å²) in [4.78, 5) is 16.1. The van der Waals surface area contributed by atoms with E-state index < -0.39 is 0 Å². The van der Waals surface area contributed by atoms with Gasteiger partial charge in [-0.3, -0.25) is 10.1 Å². The molecule has 5 nitrogen and oxygen atoms in total. The SMILES string of the molecule is COc1ccc(C(=O)NC(=S)Nc2ccccn2)cc1Br. The van der Waals surface area contributed by atoms with E-state index in [1.54, 1.807) is 43.6 Å². The molecule has 0 fully saturated rings. The van der Waals surface area contributed by atoms with Crippen LogP contribution >= 0.6 is 28.1 Å². The zero-order valence-corrected chi connectivity index (χ0v) is 13.5. The molecule has 2 rings (SSSR count). The molecule has 1 amide bonds. The molecule has 1 aromatic heterocycles. The Hall–Kier alpha value is -1.99. The lowest BCUT2D eigenvalue weighted by Gasteiger charge is -2.09. The molecule has 0 aliphatic heterocycles. The number of anilines is 1. The maximum atomic E-state index is 12.1. The van der Waals surface area contributed by atoms with Crippen LogP contribution in [0.25, 0.3) is 0 Å². The fourth-order valence-corrected chi connectivity index (χ4v) is 2.31. The number of rotatable bonds is 3. The number of aromatic nitrogens is 1. The molecule has 1 aromatic carbocycles. The zero-order valence-electron chi connectivity index (χ0n) is 11.1. The number of benzene rings is 1. The lowest BCUT2D eigenvalue weighted by molar-refractivity contribution is 0.0977. The van der Waals surface area contributed by atoms with Gasteiger partial charge in [-0.15, -0.1) is 0 Å². The monoisotopic (exact) mass is 365 g/mol. The summed E-state index contributed by atoms with van der Waals surface area (Å²) in [5.74, 6) is 0.909. The molecule has 0 aliphatic carbocycles. The number of carbonyl (C=O) groups is 1. The highest BCUT2D eigenvalue weighted by Crippen LogP contribution is 2.25. The molecule has 0 radical (unpaired) electrons. The van der Waals surface area contributed by atoms with Crippen LogP contribution in [0.2, 0.25) is 0 Å². The van der Waals surface area contributed by atoms with Gasteiger partial charge in [0, 0.05) is 11.8 Å². The second-order valence-electron chi connectivity index (χ2n) is 3.97. The maximum Gasteiger partial charge on any atom is 0.257 e. The van der Waals surface area contributed by atoms with Gasteiger partial charge in [-0.2, -0.15) is 0 Å². The number of nitrogens with one attached hydrogen (secondary N) is 2. The van der Waals surface area contributed by atoms with Gasteiger partial charge < -0.3 is 10.1 Å². The average Bonchev–Trinajstić information content (AvgIpc) is 2.48. The van der Waals surface area contributed by atoms with Gasteiger partial charge in [-0.1, -0.05) is 6.07 Å². The molecule has 0 unspecified atom stereocenters. The number of carbonyl (C=O) groups excluding carboxylic acids is 1. The smallest absolute Gasteiger partial charge is 0.257 e. The quantitative estimate of drug-likeness (QED) is 0.818. The molecule has 0 atom stereocenters. The second-order valence-corrected chi connectivity index (χ2v) is 5.24. The van der Waals surface area contributed by atoms with E-state index in [-0.39, 0.29) is 11.0 Å². The van der Waals surface area contributed by atoms with E-state index in [0.29, 0.717) is 21.6 Å². The van der Waals surface area contributed by atoms with Gasteiger partial charge in [0.15, 0.2) is 5.11 Å². The predicted molar refractivity (Wildman–Crippen MR) is 88.6 cm³/mol. The molecular formula is C14H12BrN3O2S. The van der Waals surface area contributed by atoms with Crippen LogP contribution < -0.4 is 15.4 Å². The molecule has 21 heavy (non-hydrogen) atoms. The van der Waals surface area contributed by atoms with E-state index in [1.165, 1.54) is 0 Å². The Balaban J connectivity index is 2.01. The molecular weight excluding hydrogens is 354 g/mol. The molecule has 0 aliphatic rings. The third kappa shape index (κ3) is 4.24. The highest BCUT2D eigenvalue weighted by Gasteiger charge is 2.10. The van der Waals surface area contributed by atoms with Gasteiger partial charge in [0.2, 0.25) is 0 Å². The number of hydrogen-bond acceptors (Lipinski definition) is 4. The number of amides is 1. The van der Waals surface area contributed by atoms with E-state index in [1.807, 2.05) is 6.07 Å². The number of thiocarbonyl (C=S) groups is 1. The van der Waals surface area contributed by atoms with Gasteiger partial charge in [-0.05, 0) is 58.5 Å². The van der Waals surface area contributed by atoms with Crippen molar-refractivity contribution in [3.8, 4) is 5.75 Å². The summed E-state index contributed by atoms with van der Waals surface area (Å²) in [6, 6.07) is 10.4. The summed E-state index contributed by atoms with van der Waals surface area (Å²) < 4.78 is 5.81. The topological polar surface area (TPSA) is 63.2 Å². The second kappa shape index (κ2) is 7.14. The molecule has 2 N–H and O–H groups in total. The van der Waals surface area contributed by atoms with Crippen LogP contribution in [0.4, 0.5) is 5.82 Å². The minimum absolute atomic E-state index is 0.186. The number of hydrogen-bond donors (Lipinski definition) is 2. The molecule has 7 heteroatoms. The third-order valence-corrected chi connectivity index (χ3v) is 3.37. The molecule has 0 saturated heterocycles. The van der Waals surface area contributed by atoms with Crippen LogP contribution in [0.15, 0.2) is 47.1 Å². The first kappa shape index (κ1) is 15.4. The third-order valence-electron chi connectivity index (χ3n) is 2.55. The van der Waals surface area contributed by atoms with Crippen LogP contribution in [0.3, 0.4) is 0 Å². The lowest BCUT2D eigenvalue weighted by atomic mass is 10.2. The fourth-order valence-electron chi connectivity index (χ4n) is 1.57. The average molecular weight is 366 g/mol. The van der Waals surface area contributed by atoms with Crippen LogP contribution in [-0.2, 0) is 0 Å². The lowest BCUT2D eigenvalue weighted by Crippen LogP contribution is -2.34. The Labute approximate surface area is 135 Å². The summed E-state index contributed by atoms with van der Waals surface area (Å²) in [5.41, 5.74) is 0.466. The van der Waals surface area contributed by atoms with E-state index in [9.17, 15) is 4.79 Å². The number of nitrogens with zero attached hydrogens (tertiary/aromatic N) is 1. The molecule has 0 bridgehead atoms. The van der Waals surface area contributed by atoms with Crippen molar-refractivity contribution in [3.05, 3.63) is 52.6 Å². The first-order valence-corrected chi connectivity index (χ1v) is 7.17. The summed E-state index contributed by atoms with van der Waals surface area (Å²) >= 11 is 8.41. The van der Waals surface area contributed by atoms with Gasteiger partial charge in [-0.25, -0.2) is 4.98 Å². The zero-order chi connectivity index (χ0) is 15.2. The first-order valence-electron chi connectivity index (χ1n) is 5.97. The molecule has 1 heterocycles. The Morgan fingerprint density at radius 3 is 2.76 bits per heavy atom. The molecule has 108 valence electrons. The largest absolute Gasteiger partial charge is 0.496 e. The van der Waals surface area contributed by atoms with Crippen LogP contribution in [0.1, 0.15) is 10.4 Å². The molecule has 0 saturated carbocycles. The normalized spacial score (nSPS) is 9.81. The summed E-state index contributed by atoms with van der Waals surface area (Å²) in [7, 11) is 1.56. The molecule has 2 aromatic rings. The number of halogens is 1.